The Labute approximate surface area is 117 Å². The number of rotatable bonds is 2. The molecule has 1 N–H and O–H groups in total. The highest BCUT2D eigenvalue weighted by Gasteiger charge is 2.35. The monoisotopic (exact) mass is 303 g/mol. The van der Waals surface area contributed by atoms with E-state index >= 15 is 0 Å². The number of carboxylic acid groups (broad SMARTS) is 1. The first-order valence-electron chi connectivity index (χ1n) is 6.09. The van der Waals surface area contributed by atoms with Crippen molar-refractivity contribution in [2.45, 2.75) is 12.2 Å². The average Bonchev–Trinajstić information content (AvgIpc) is 2.45. The van der Waals surface area contributed by atoms with Crippen molar-refractivity contribution in [3.63, 3.8) is 0 Å². The van der Waals surface area contributed by atoms with Crippen molar-refractivity contribution in [3.8, 4) is 0 Å². The molecule has 1 saturated heterocycles. The largest absolute Gasteiger partial charge is 0.480 e. The quantitative estimate of drug-likeness (QED) is 0.902. The molecular formula is C13H12F3NO4. The van der Waals surface area contributed by atoms with Crippen LogP contribution >= 0.6 is 0 Å². The molecule has 1 aromatic rings. The molecular weight excluding hydrogens is 291 g/mol. The van der Waals surface area contributed by atoms with Crippen molar-refractivity contribution in [2.24, 2.45) is 0 Å². The number of carboxylic acids is 1. The number of carbonyl (C=O) groups excluding carboxylic acids is 1. The third-order valence-corrected chi connectivity index (χ3v) is 3.11. The van der Waals surface area contributed by atoms with Gasteiger partial charge in [-0.3, -0.25) is 4.79 Å². The van der Waals surface area contributed by atoms with E-state index in [4.69, 9.17) is 9.84 Å². The predicted molar refractivity (Wildman–Crippen MR) is 64.7 cm³/mol. The molecule has 1 fully saturated rings. The fraction of sp³-hybridized carbons (Fsp3) is 0.385. The number of hydrogen-bond donors (Lipinski definition) is 1. The summed E-state index contributed by atoms with van der Waals surface area (Å²) in [4.78, 5) is 24.3. The summed E-state index contributed by atoms with van der Waals surface area (Å²) < 4.78 is 42.9. The second-order valence-electron chi connectivity index (χ2n) is 4.51. The van der Waals surface area contributed by atoms with Crippen molar-refractivity contribution in [1.82, 2.24) is 4.90 Å². The van der Waals surface area contributed by atoms with Gasteiger partial charge in [-0.1, -0.05) is 6.07 Å². The first-order valence-corrected chi connectivity index (χ1v) is 6.09. The molecule has 0 aliphatic carbocycles. The van der Waals surface area contributed by atoms with Gasteiger partial charge in [0.15, 0.2) is 6.04 Å². The standard InChI is InChI=1S/C13H12F3NO4/c14-13(15,16)9-3-1-2-8(6-9)11(18)17-4-5-21-7-10(17)12(19)20/h1-3,6,10H,4-5,7H2,(H,19,20)/t10-/m0/s1. The van der Waals surface area contributed by atoms with Gasteiger partial charge in [0, 0.05) is 12.1 Å². The maximum absolute atomic E-state index is 12.6. The second-order valence-corrected chi connectivity index (χ2v) is 4.51. The Morgan fingerprint density at radius 2 is 2.05 bits per heavy atom. The highest BCUT2D eigenvalue weighted by molar-refractivity contribution is 5.97. The van der Waals surface area contributed by atoms with E-state index in [1.807, 2.05) is 0 Å². The Balaban J connectivity index is 2.28. The van der Waals surface area contributed by atoms with E-state index in [1.165, 1.54) is 6.07 Å². The summed E-state index contributed by atoms with van der Waals surface area (Å²) in [5.41, 5.74) is -1.15. The molecule has 8 heteroatoms. The Morgan fingerprint density at radius 3 is 2.67 bits per heavy atom. The van der Waals surface area contributed by atoms with Crippen molar-refractivity contribution < 1.29 is 32.6 Å². The first kappa shape index (κ1) is 15.3. The van der Waals surface area contributed by atoms with Gasteiger partial charge in [0.2, 0.25) is 0 Å². The van der Waals surface area contributed by atoms with Gasteiger partial charge in [-0.05, 0) is 18.2 Å². The number of alkyl halides is 3. The Hall–Kier alpha value is -2.09. The number of nitrogens with zero attached hydrogens (tertiary/aromatic N) is 1. The summed E-state index contributed by atoms with van der Waals surface area (Å²) in [7, 11) is 0. The molecule has 1 aliphatic heterocycles. The number of amides is 1. The van der Waals surface area contributed by atoms with Crippen LogP contribution < -0.4 is 0 Å². The molecule has 114 valence electrons. The van der Waals surface area contributed by atoms with Crippen molar-refractivity contribution in [2.75, 3.05) is 19.8 Å². The summed E-state index contributed by atoms with van der Waals surface area (Å²) in [6, 6.07) is 2.72. The van der Waals surface area contributed by atoms with E-state index in [0.717, 1.165) is 23.1 Å². The topological polar surface area (TPSA) is 66.8 Å². The smallest absolute Gasteiger partial charge is 0.416 e. The van der Waals surface area contributed by atoms with E-state index in [2.05, 4.69) is 0 Å². The minimum atomic E-state index is -4.56. The van der Waals surface area contributed by atoms with Gasteiger partial charge in [0.1, 0.15) is 0 Å². The van der Waals surface area contributed by atoms with E-state index in [1.54, 1.807) is 0 Å². The van der Waals surface area contributed by atoms with Gasteiger partial charge >= 0.3 is 12.1 Å². The van der Waals surface area contributed by atoms with Gasteiger partial charge in [0.25, 0.3) is 5.91 Å². The molecule has 21 heavy (non-hydrogen) atoms. The number of carbonyl (C=O) groups is 2. The van der Waals surface area contributed by atoms with Crippen LogP contribution in [0.3, 0.4) is 0 Å². The second kappa shape index (κ2) is 5.72. The minimum Gasteiger partial charge on any atom is -0.480 e. The summed E-state index contributed by atoms with van der Waals surface area (Å²) in [5.74, 6) is -2.01. The third-order valence-electron chi connectivity index (χ3n) is 3.11. The van der Waals surface area contributed by atoms with Gasteiger partial charge < -0.3 is 14.7 Å². The lowest BCUT2D eigenvalue weighted by molar-refractivity contribution is -0.147. The normalized spacial score (nSPS) is 19.4. The fourth-order valence-electron chi connectivity index (χ4n) is 2.05. The molecule has 0 radical (unpaired) electrons. The van der Waals surface area contributed by atoms with E-state index in [-0.39, 0.29) is 25.3 Å². The lowest BCUT2D eigenvalue weighted by atomic mass is 10.1. The Kier molecular flexibility index (Phi) is 4.17. The van der Waals surface area contributed by atoms with Crippen molar-refractivity contribution in [3.05, 3.63) is 35.4 Å². The molecule has 1 amide bonds. The number of aliphatic carboxylic acids is 1. The molecule has 0 aromatic heterocycles. The van der Waals surface area contributed by atoms with E-state index in [9.17, 15) is 22.8 Å². The van der Waals surface area contributed by atoms with Gasteiger partial charge in [-0.15, -0.1) is 0 Å². The SMILES string of the molecule is O=C(O)[C@@H]1COCCN1C(=O)c1cccc(C(F)(F)F)c1. The molecule has 0 unspecified atom stereocenters. The molecule has 1 aliphatic rings. The predicted octanol–water partition coefficient (Wildman–Crippen LogP) is 1.63. The number of ether oxygens (including phenoxy) is 1. The van der Waals surface area contributed by atoms with Crippen LogP contribution in [0.4, 0.5) is 13.2 Å². The van der Waals surface area contributed by atoms with Crippen molar-refractivity contribution in [1.29, 1.82) is 0 Å². The summed E-state index contributed by atoms with van der Waals surface area (Å²) in [5, 5.41) is 9.03. The van der Waals surface area contributed by atoms with Crippen LogP contribution in [0.15, 0.2) is 24.3 Å². The minimum absolute atomic E-state index is 0.0199. The lowest BCUT2D eigenvalue weighted by Crippen LogP contribution is -2.52. The molecule has 2 rings (SSSR count). The molecule has 1 atom stereocenters. The lowest BCUT2D eigenvalue weighted by Gasteiger charge is -2.33. The number of halogens is 3. The van der Waals surface area contributed by atoms with Gasteiger partial charge in [0.05, 0.1) is 18.8 Å². The highest BCUT2D eigenvalue weighted by atomic mass is 19.4. The molecule has 1 aromatic carbocycles. The summed E-state index contributed by atoms with van der Waals surface area (Å²) in [6.45, 7) is -0.0133. The molecule has 5 nitrogen and oxygen atoms in total. The summed E-state index contributed by atoms with van der Waals surface area (Å²) in [6.07, 6.45) is -4.56. The van der Waals surface area contributed by atoms with Crippen LogP contribution in [-0.2, 0) is 15.7 Å². The van der Waals surface area contributed by atoms with Gasteiger partial charge in [-0.25, -0.2) is 4.79 Å². The van der Waals surface area contributed by atoms with E-state index < -0.39 is 29.7 Å². The van der Waals surface area contributed by atoms with Gasteiger partial charge in [-0.2, -0.15) is 13.2 Å². The maximum atomic E-state index is 12.6. The zero-order valence-electron chi connectivity index (χ0n) is 10.8. The number of benzene rings is 1. The Morgan fingerprint density at radius 1 is 1.33 bits per heavy atom. The van der Waals surface area contributed by atoms with Crippen LogP contribution in [0.1, 0.15) is 15.9 Å². The zero-order valence-corrected chi connectivity index (χ0v) is 10.8. The Bertz CT molecular complexity index is 559. The first-order chi connectivity index (χ1) is 9.80. The zero-order chi connectivity index (χ0) is 15.6. The molecule has 0 saturated carbocycles. The number of hydrogen-bond acceptors (Lipinski definition) is 3. The van der Waals surface area contributed by atoms with E-state index in [0.29, 0.717) is 0 Å². The molecule has 0 bridgehead atoms. The number of morpholine rings is 1. The van der Waals surface area contributed by atoms with Crippen LogP contribution in [0.25, 0.3) is 0 Å². The summed E-state index contributed by atoms with van der Waals surface area (Å²) >= 11 is 0. The third kappa shape index (κ3) is 3.33. The fourth-order valence-corrected chi connectivity index (χ4v) is 2.05. The van der Waals surface area contributed by atoms with Crippen molar-refractivity contribution >= 4 is 11.9 Å². The maximum Gasteiger partial charge on any atom is 0.416 e. The van der Waals surface area contributed by atoms with Crippen LogP contribution in [0, 0.1) is 0 Å². The molecule has 0 spiro atoms. The van der Waals surface area contributed by atoms with Crippen LogP contribution in [0.2, 0.25) is 0 Å². The highest BCUT2D eigenvalue weighted by Crippen LogP contribution is 2.30. The molecule has 1 heterocycles. The average molecular weight is 303 g/mol. The van der Waals surface area contributed by atoms with Crippen LogP contribution in [-0.4, -0.2) is 47.7 Å². The van der Waals surface area contributed by atoms with Crippen LogP contribution in [0.5, 0.6) is 0 Å².